The molecule has 0 aromatic heterocycles. The van der Waals surface area contributed by atoms with Gasteiger partial charge in [-0.05, 0) is 44.5 Å². The zero-order valence-electron chi connectivity index (χ0n) is 12.1. The predicted molar refractivity (Wildman–Crippen MR) is 76.6 cm³/mol. The molecular formula is C15H24N2O2. The number of benzene rings is 1. The molecule has 1 aliphatic heterocycles. The summed E-state index contributed by atoms with van der Waals surface area (Å²) in [5.74, 6) is 1.58. The maximum absolute atomic E-state index is 6.25. The van der Waals surface area contributed by atoms with Gasteiger partial charge in [0.15, 0.2) is 11.5 Å². The molecule has 1 aromatic rings. The van der Waals surface area contributed by atoms with E-state index in [1.54, 1.807) is 7.11 Å². The van der Waals surface area contributed by atoms with E-state index < -0.39 is 0 Å². The fourth-order valence-electron chi connectivity index (χ4n) is 2.39. The van der Waals surface area contributed by atoms with Gasteiger partial charge in [0.2, 0.25) is 0 Å². The average molecular weight is 264 g/mol. The summed E-state index contributed by atoms with van der Waals surface area (Å²) in [5, 5.41) is 0. The molecular weight excluding hydrogens is 240 g/mol. The van der Waals surface area contributed by atoms with E-state index in [1.165, 1.54) is 0 Å². The van der Waals surface area contributed by atoms with Gasteiger partial charge in [0, 0.05) is 19.6 Å². The molecule has 1 heterocycles. The van der Waals surface area contributed by atoms with Gasteiger partial charge in [0.25, 0.3) is 0 Å². The molecule has 2 N–H and O–H groups in total. The molecule has 106 valence electrons. The van der Waals surface area contributed by atoms with E-state index in [-0.39, 0.29) is 5.60 Å². The second kappa shape index (κ2) is 5.80. The summed E-state index contributed by atoms with van der Waals surface area (Å²) in [4.78, 5) is 2.33. The topological polar surface area (TPSA) is 47.7 Å². The number of hydrogen-bond acceptors (Lipinski definition) is 4. The first kappa shape index (κ1) is 14.2. The van der Waals surface area contributed by atoms with E-state index in [4.69, 9.17) is 15.2 Å². The van der Waals surface area contributed by atoms with E-state index >= 15 is 0 Å². The van der Waals surface area contributed by atoms with Crippen molar-refractivity contribution in [3.63, 3.8) is 0 Å². The lowest BCUT2D eigenvalue weighted by molar-refractivity contribution is 0.0220. The first-order valence-corrected chi connectivity index (χ1v) is 6.81. The van der Waals surface area contributed by atoms with Gasteiger partial charge in [-0.3, -0.25) is 0 Å². The molecule has 0 spiro atoms. The van der Waals surface area contributed by atoms with Crippen molar-refractivity contribution in [1.82, 2.24) is 4.90 Å². The molecule has 4 heteroatoms. The minimum Gasteiger partial charge on any atom is -0.493 e. The van der Waals surface area contributed by atoms with Gasteiger partial charge < -0.3 is 20.1 Å². The summed E-state index contributed by atoms with van der Waals surface area (Å²) in [6, 6.07) is 5.89. The molecule has 19 heavy (non-hydrogen) atoms. The van der Waals surface area contributed by atoms with Crippen LogP contribution in [0, 0.1) is 0 Å². The van der Waals surface area contributed by atoms with Crippen LogP contribution in [0.5, 0.6) is 11.5 Å². The van der Waals surface area contributed by atoms with Crippen molar-refractivity contribution >= 4 is 0 Å². The Morgan fingerprint density at radius 3 is 2.53 bits per heavy atom. The maximum Gasteiger partial charge on any atom is 0.162 e. The third kappa shape index (κ3) is 3.39. The fourth-order valence-corrected chi connectivity index (χ4v) is 2.39. The van der Waals surface area contributed by atoms with Crippen LogP contribution in [0.3, 0.4) is 0 Å². The smallest absolute Gasteiger partial charge is 0.162 e. The normalized spacial score (nSPS) is 19.2. The first-order valence-electron chi connectivity index (χ1n) is 6.81. The Hall–Kier alpha value is -1.26. The first-order chi connectivity index (χ1) is 9.06. The third-order valence-electron chi connectivity index (χ3n) is 3.86. The fraction of sp³-hybridized carbons (Fsp3) is 0.600. The standard InChI is InChI=1S/C15H24N2O2/c1-15(6-8-17(2)9-7-15)19-14-10-12(11-16)4-5-13(14)18-3/h4-5,10H,6-9,11,16H2,1-3H3. The Balaban J connectivity index is 2.17. The molecule has 2 rings (SSSR count). The molecule has 1 aliphatic rings. The molecule has 1 aromatic carbocycles. The molecule has 0 radical (unpaired) electrons. The van der Waals surface area contributed by atoms with E-state index in [1.807, 2.05) is 18.2 Å². The van der Waals surface area contributed by atoms with Crippen LogP contribution < -0.4 is 15.2 Å². The summed E-state index contributed by atoms with van der Waals surface area (Å²) < 4.78 is 11.6. The number of nitrogens with two attached hydrogens (primary N) is 1. The van der Waals surface area contributed by atoms with Crippen molar-refractivity contribution in [1.29, 1.82) is 0 Å². The summed E-state index contributed by atoms with van der Waals surface area (Å²) in [6.07, 6.45) is 2.05. The molecule has 0 unspecified atom stereocenters. The molecule has 1 fully saturated rings. The summed E-state index contributed by atoms with van der Waals surface area (Å²) in [5.41, 5.74) is 6.64. The summed E-state index contributed by atoms with van der Waals surface area (Å²) >= 11 is 0. The highest BCUT2D eigenvalue weighted by molar-refractivity contribution is 5.43. The Kier molecular flexibility index (Phi) is 4.32. The van der Waals surface area contributed by atoms with Crippen LogP contribution >= 0.6 is 0 Å². The van der Waals surface area contributed by atoms with Gasteiger partial charge in [-0.2, -0.15) is 0 Å². The molecule has 0 saturated carbocycles. The molecule has 0 amide bonds. The number of ether oxygens (including phenoxy) is 2. The zero-order chi connectivity index (χ0) is 13.9. The number of rotatable bonds is 4. The monoisotopic (exact) mass is 264 g/mol. The van der Waals surface area contributed by atoms with Crippen molar-refractivity contribution in [2.45, 2.75) is 31.9 Å². The highest BCUT2D eigenvalue weighted by Gasteiger charge is 2.31. The minimum atomic E-state index is -0.118. The lowest BCUT2D eigenvalue weighted by Crippen LogP contribution is -2.44. The molecule has 1 saturated heterocycles. The number of methoxy groups -OCH3 is 1. The van der Waals surface area contributed by atoms with Crippen molar-refractivity contribution < 1.29 is 9.47 Å². The summed E-state index contributed by atoms with van der Waals surface area (Å²) in [7, 11) is 3.82. The summed E-state index contributed by atoms with van der Waals surface area (Å²) in [6.45, 7) is 4.82. The second-order valence-electron chi connectivity index (χ2n) is 5.54. The van der Waals surface area contributed by atoms with Crippen LogP contribution in [0.1, 0.15) is 25.3 Å². The van der Waals surface area contributed by atoms with Crippen molar-refractivity contribution in [3.05, 3.63) is 23.8 Å². The second-order valence-corrected chi connectivity index (χ2v) is 5.54. The predicted octanol–water partition coefficient (Wildman–Crippen LogP) is 2.02. The van der Waals surface area contributed by atoms with Crippen LogP contribution in [-0.2, 0) is 6.54 Å². The van der Waals surface area contributed by atoms with Crippen LogP contribution in [0.4, 0.5) is 0 Å². The van der Waals surface area contributed by atoms with Gasteiger partial charge in [-0.1, -0.05) is 6.07 Å². The number of piperidine rings is 1. The molecule has 0 bridgehead atoms. The van der Waals surface area contributed by atoms with E-state index in [9.17, 15) is 0 Å². The number of likely N-dealkylation sites (tertiary alicyclic amines) is 1. The van der Waals surface area contributed by atoms with Gasteiger partial charge in [-0.25, -0.2) is 0 Å². The van der Waals surface area contributed by atoms with E-state index in [2.05, 4.69) is 18.9 Å². The Morgan fingerprint density at radius 1 is 1.26 bits per heavy atom. The van der Waals surface area contributed by atoms with Crippen LogP contribution in [0.25, 0.3) is 0 Å². The Morgan fingerprint density at radius 2 is 1.95 bits per heavy atom. The van der Waals surface area contributed by atoms with Gasteiger partial charge in [0.05, 0.1) is 7.11 Å². The van der Waals surface area contributed by atoms with Gasteiger partial charge in [0.1, 0.15) is 5.60 Å². The third-order valence-corrected chi connectivity index (χ3v) is 3.86. The van der Waals surface area contributed by atoms with Crippen LogP contribution in [0.15, 0.2) is 18.2 Å². The van der Waals surface area contributed by atoms with Crippen LogP contribution in [-0.4, -0.2) is 37.7 Å². The molecule has 0 atom stereocenters. The SMILES string of the molecule is COc1ccc(CN)cc1OC1(C)CCN(C)CC1. The minimum absolute atomic E-state index is 0.118. The highest BCUT2D eigenvalue weighted by atomic mass is 16.5. The molecule has 4 nitrogen and oxygen atoms in total. The van der Waals surface area contributed by atoms with Gasteiger partial charge >= 0.3 is 0 Å². The maximum atomic E-state index is 6.25. The van der Waals surface area contributed by atoms with E-state index in [0.29, 0.717) is 6.54 Å². The van der Waals surface area contributed by atoms with Crippen molar-refractivity contribution in [2.24, 2.45) is 5.73 Å². The Bertz CT molecular complexity index is 426. The van der Waals surface area contributed by atoms with Crippen molar-refractivity contribution in [2.75, 3.05) is 27.2 Å². The molecule has 0 aliphatic carbocycles. The van der Waals surface area contributed by atoms with Crippen molar-refractivity contribution in [3.8, 4) is 11.5 Å². The highest BCUT2D eigenvalue weighted by Crippen LogP contribution is 2.34. The zero-order valence-corrected chi connectivity index (χ0v) is 12.1. The van der Waals surface area contributed by atoms with Gasteiger partial charge in [-0.15, -0.1) is 0 Å². The Labute approximate surface area is 115 Å². The van der Waals surface area contributed by atoms with E-state index in [0.717, 1.165) is 43.0 Å². The lowest BCUT2D eigenvalue weighted by atomic mass is 9.93. The number of hydrogen-bond donors (Lipinski definition) is 1. The quantitative estimate of drug-likeness (QED) is 0.904. The lowest BCUT2D eigenvalue weighted by Gasteiger charge is -2.38. The number of nitrogens with zero attached hydrogens (tertiary/aromatic N) is 1. The largest absolute Gasteiger partial charge is 0.493 e. The van der Waals surface area contributed by atoms with Crippen LogP contribution in [0.2, 0.25) is 0 Å². The average Bonchev–Trinajstić information content (AvgIpc) is 2.42.